The number of hydrogen-bond acceptors (Lipinski definition) is 0. The van der Waals surface area contributed by atoms with E-state index in [4.69, 9.17) is 0 Å². The van der Waals surface area contributed by atoms with Crippen molar-refractivity contribution in [3.63, 3.8) is 0 Å². The molecule has 0 aromatic heterocycles. The van der Waals surface area contributed by atoms with Crippen LogP contribution < -0.4 is 0 Å². The van der Waals surface area contributed by atoms with Crippen molar-refractivity contribution < 1.29 is 0 Å². The van der Waals surface area contributed by atoms with E-state index in [1.807, 2.05) is 0 Å². The van der Waals surface area contributed by atoms with Crippen molar-refractivity contribution in [3.05, 3.63) is 174 Å². The van der Waals surface area contributed by atoms with Gasteiger partial charge < -0.3 is 0 Å². The summed E-state index contributed by atoms with van der Waals surface area (Å²) < 4.78 is 1.32. The van der Waals surface area contributed by atoms with Crippen molar-refractivity contribution in [1.29, 1.82) is 0 Å². The van der Waals surface area contributed by atoms with Gasteiger partial charge in [-0.25, -0.2) is 0 Å². The van der Waals surface area contributed by atoms with Crippen LogP contribution in [-0.2, 0) is 29.1 Å². The molecule has 6 aromatic rings. The lowest BCUT2D eigenvalue weighted by Gasteiger charge is -2.32. The van der Waals surface area contributed by atoms with E-state index in [0.717, 1.165) is 12.8 Å². The molecule has 3 aliphatic carbocycles. The average Bonchev–Trinajstić information content (AvgIpc) is 3.58. The summed E-state index contributed by atoms with van der Waals surface area (Å²) in [5.41, 5.74) is 22.8. The van der Waals surface area contributed by atoms with Gasteiger partial charge in [0.1, 0.15) is 0 Å². The van der Waals surface area contributed by atoms with Crippen LogP contribution in [0.2, 0.25) is 0 Å². The number of halogens is 1. The summed E-state index contributed by atoms with van der Waals surface area (Å²) in [6.07, 6.45) is 1.94. The van der Waals surface area contributed by atoms with Crippen LogP contribution in [-0.4, -0.2) is 0 Å². The van der Waals surface area contributed by atoms with E-state index in [9.17, 15) is 0 Å². The van der Waals surface area contributed by atoms with Gasteiger partial charge in [0.05, 0.1) is 0 Å². The number of rotatable bonds is 4. The monoisotopic (exact) mass is 732 g/mol. The smallest absolute Gasteiger partial charge is 0.0227 e. The highest BCUT2D eigenvalue weighted by Gasteiger charge is 2.46. The maximum atomic E-state index is 2.55. The molecule has 0 spiro atoms. The number of aryl methyl sites for hydroxylation is 2. The Morgan fingerprint density at radius 1 is 0.458 bits per heavy atom. The van der Waals surface area contributed by atoms with E-state index < -0.39 is 0 Å². The summed E-state index contributed by atoms with van der Waals surface area (Å²) in [5.74, 6) is 0. The van der Waals surface area contributed by atoms with Gasteiger partial charge in [0.25, 0.3) is 0 Å². The van der Waals surface area contributed by atoms with Crippen molar-refractivity contribution >= 4 is 22.6 Å². The van der Waals surface area contributed by atoms with Crippen LogP contribution in [0.4, 0.5) is 0 Å². The van der Waals surface area contributed by atoms with Gasteiger partial charge in [-0.3, -0.25) is 0 Å². The Kier molecular flexibility index (Phi) is 6.45. The first-order chi connectivity index (χ1) is 23.0. The average molecular weight is 733 g/mol. The second-order valence-electron chi connectivity index (χ2n) is 15.5. The minimum absolute atomic E-state index is 0.0137. The van der Waals surface area contributed by atoms with Crippen LogP contribution in [0.3, 0.4) is 0 Å². The van der Waals surface area contributed by atoms with Crippen LogP contribution in [0.1, 0.15) is 83.3 Å². The Balaban J connectivity index is 1.24. The van der Waals surface area contributed by atoms with Gasteiger partial charge in [-0.05, 0) is 150 Å². The first kappa shape index (κ1) is 30.1. The van der Waals surface area contributed by atoms with Crippen molar-refractivity contribution in [1.82, 2.24) is 0 Å². The largest absolute Gasteiger partial charge is 0.0619 e. The van der Waals surface area contributed by atoms with Gasteiger partial charge in [0, 0.05) is 19.8 Å². The van der Waals surface area contributed by atoms with E-state index in [2.05, 4.69) is 179 Å². The highest BCUT2D eigenvalue weighted by Crippen LogP contribution is 2.58. The van der Waals surface area contributed by atoms with Crippen LogP contribution in [0.5, 0.6) is 0 Å². The van der Waals surface area contributed by atoms with E-state index in [0.29, 0.717) is 0 Å². The summed E-state index contributed by atoms with van der Waals surface area (Å²) in [6, 6.07) is 44.2. The normalized spacial score (nSPS) is 20.5. The lowest BCUT2D eigenvalue weighted by Crippen LogP contribution is -2.26. The molecular weight excluding hydrogens is 691 g/mol. The Labute approximate surface area is 299 Å². The van der Waals surface area contributed by atoms with E-state index in [-0.39, 0.29) is 16.2 Å². The lowest BCUT2D eigenvalue weighted by atomic mass is 9.71. The van der Waals surface area contributed by atoms with Crippen LogP contribution in [0, 0.1) is 17.4 Å². The third-order valence-electron chi connectivity index (χ3n) is 12.4. The molecule has 0 bridgehead atoms. The highest BCUT2D eigenvalue weighted by atomic mass is 127. The summed E-state index contributed by atoms with van der Waals surface area (Å²) in [6.45, 7) is 14.4. The predicted octanol–water partition coefficient (Wildman–Crippen LogP) is 12.3. The Hall–Kier alpha value is -3.95. The predicted molar refractivity (Wildman–Crippen MR) is 210 cm³/mol. The zero-order valence-electron chi connectivity index (χ0n) is 28.8. The zero-order chi connectivity index (χ0) is 33.2. The number of fused-ring (bicyclic) bond motifs is 9. The molecule has 2 atom stereocenters. The maximum Gasteiger partial charge on any atom is 0.0227 e. The summed E-state index contributed by atoms with van der Waals surface area (Å²) in [7, 11) is 0. The molecule has 0 nitrogen and oxygen atoms in total. The molecule has 0 N–H and O–H groups in total. The molecule has 0 amide bonds. The van der Waals surface area contributed by atoms with Gasteiger partial charge in [0.2, 0.25) is 0 Å². The first-order valence-electron chi connectivity index (χ1n) is 17.4. The Bertz CT molecular complexity index is 2340. The standard InChI is InChI=1S/C47H41I/c1-28-22-23-40-44(35(28)27-47(6)37-19-11-8-16-33(37)42-29(2)14-13-21-39(42)47)34-17-9-12-20-38(34)46(40,5)26-30-24-31(48)25-41-43(30)32-15-7-10-18-36(32)45(41,3)4/h7-25H,26-27H2,1-6H3. The molecule has 0 radical (unpaired) electrons. The molecule has 48 heavy (non-hydrogen) atoms. The second-order valence-corrected chi connectivity index (χ2v) is 16.8. The molecule has 6 aromatic carbocycles. The van der Waals surface area contributed by atoms with Crippen LogP contribution in [0.15, 0.2) is 115 Å². The van der Waals surface area contributed by atoms with Crippen molar-refractivity contribution in [3.8, 4) is 33.4 Å². The van der Waals surface area contributed by atoms with Gasteiger partial charge in [-0.2, -0.15) is 0 Å². The summed E-state index contributed by atoms with van der Waals surface area (Å²) in [4.78, 5) is 0. The van der Waals surface area contributed by atoms with Gasteiger partial charge in [0.15, 0.2) is 0 Å². The third-order valence-corrected chi connectivity index (χ3v) is 13.0. The van der Waals surface area contributed by atoms with Crippen molar-refractivity contribution in [2.75, 3.05) is 0 Å². The molecule has 0 aliphatic heterocycles. The molecule has 0 heterocycles. The lowest BCUT2D eigenvalue weighted by molar-refractivity contribution is 0.573. The fraction of sp³-hybridized carbons (Fsp3) is 0.234. The SMILES string of the molecule is Cc1ccc2c(c1CC1(C)c3ccccc3-c3c(C)cccc31)-c1ccccc1C2(C)Cc1cc(I)cc2c1-c1ccccc1C2(C)C. The Morgan fingerprint density at radius 2 is 1.00 bits per heavy atom. The van der Waals surface area contributed by atoms with Crippen molar-refractivity contribution in [2.24, 2.45) is 0 Å². The van der Waals surface area contributed by atoms with Crippen LogP contribution >= 0.6 is 22.6 Å². The first-order valence-corrected chi connectivity index (χ1v) is 18.5. The zero-order valence-corrected chi connectivity index (χ0v) is 30.9. The second kappa shape index (κ2) is 10.3. The fourth-order valence-corrected chi connectivity index (χ4v) is 10.7. The third kappa shape index (κ3) is 3.94. The molecular formula is C47H41I. The molecule has 3 aliphatic rings. The van der Waals surface area contributed by atoms with Gasteiger partial charge in [-0.1, -0.05) is 131 Å². The molecule has 9 rings (SSSR count). The number of hydrogen-bond donors (Lipinski definition) is 0. The molecule has 1 heteroatoms. The summed E-state index contributed by atoms with van der Waals surface area (Å²) in [5, 5.41) is 0. The quantitative estimate of drug-likeness (QED) is 0.158. The van der Waals surface area contributed by atoms with Crippen LogP contribution in [0.25, 0.3) is 33.4 Å². The van der Waals surface area contributed by atoms with Crippen molar-refractivity contribution in [2.45, 2.75) is 70.6 Å². The maximum absolute atomic E-state index is 2.55. The minimum Gasteiger partial charge on any atom is -0.0619 e. The molecule has 0 saturated carbocycles. The van der Waals surface area contributed by atoms with Gasteiger partial charge >= 0.3 is 0 Å². The van der Waals surface area contributed by atoms with E-state index >= 15 is 0 Å². The van der Waals surface area contributed by atoms with E-state index in [1.165, 1.54) is 92.6 Å². The van der Waals surface area contributed by atoms with E-state index in [1.54, 1.807) is 0 Å². The van der Waals surface area contributed by atoms with Gasteiger partial charge in [-0.15, -0.1) is 0 Å². The molecule has 2 unspecified atom stereocenters. The summed E-state index contributed by atoms with van der Waals surface area (Å²) >= 11 is 2.55. The number of benzene rings is 6. The highest BCUT2D eigenvalue weighted by molar-refractivity contribution is 14.1. The fourth-order valence-electron chi connectivity index (χ4n) is 10.0. The molecule has 0 saturated heterocycles. The minimum atomic E-state index is -0.156. The molecule has 236 valence electrons. The Morgan fingerprint density at radius 3 is 1.69 bits per heavy atom. The topological polar surface area (TPSA) is 0 Å². The molecule has 0 fully saturated rings.